The van der Waals surface area contributed by atoms with Crippen LogP contribution in [0.15, 0.2) is 23.1 Å². The maximum atomic E-state index is 11.9. The summed E-state index contributed by atoms with van der Waals surface area (Å²) < 4.78 is 19.4. The van der Waals surface area contributed by atoms with Crippen molar-refractivity contribution >= 4 is 21.6 Å². The lowest BCUT2D eigenvalue weighted by Crippen LogP contribution is -2.00. The van der Waals surface area contributed by atoms with E-state index in [-0.39, 0.29) is 6.67 Å². The molecule has 2 rings (SSSR count). The molecule has 0 spiro atoms. The van der Waals surface area contributed by atoms with Crippen LogP contribution in [0.3, 0.4) is 0 Å². The van der Waals surface area contributed by atoms with Gasteiger partial charge in [0.05, 0.1) is 13.3 Å². The van der Waals surface area contributed by atoms with E-state index in [4.69, 9.17) is 4.74 Å². The first-order chi connectivity index (χ1) is 7.31. The van der Waals surface area contributed by atoms with Gasteiger partial charge in [0, 0.05) is 12.6 Å². The van der Waals surface area contributed by atoms with Crippen molar-refractivity contribution in [3.63, 3.8) is 0 Å². The van der Waals surface area contributed by atoms with Gasteiger partial charge in [-0.1, -0.05) is 0 Å². The first kappa shape index (κ1) is 10.4. The van der Waals surface area contributed by atoms with Crippen LogP contribution in [0.1, 0.15) is 6.42 Å². The van der Waals surface area contributed by atoms with Crippen LogP contribution in [-0.4, -0.2) is 27.9 Å². The van der Waals surface area contributed by atoms with E-state index in [2.05, 4.69) is 26.0 Å². The van der Waals surface area contributed by atoms with Crippen molar-refractivity contribution in [3.8, 4) is 5.75 Å². The summed E-state index contributed by atoms with van der Waals surface area (Å²) in [5.74, 6) is 0.615. The SMILES string of the molecule is FCCCOc1cccn2nc(Br)nc12. The Morgan fingerprint density at radius 3 is 3.20 bits per heavy atom. The number of alkyl halides is 1. The Morgan fingerprint density at radius 1 is 1.53 bits per heavy atom. The van der Waals surface area contributed by atoms with Crippen LogP contribution in [0.25, 0.3) is 5.65 Å². The second kappa shape index (κ2) is 4.57. The van der Waals surface area contributed by atoms with Crippen LogP contribution in [0.5, 0.6) is 5.75 Å². The normalized spacial score (nSPS) is 10.8. The number of pyridine rings is 1. The van der Waals surface area contributed by atoms with Crippen molar-refractivity contribution in [2.24, 2.45) is 0 Å². The van der Waals surface area contributed by atoms with Crippen molar-refractivity contribution in [1.29, 1.82) is 0 Å². The van der Waals surface area contributed by atoms with Crippen molar-refractivity contribution < 1.29 is 9.13 Å². The molecule has 0 aliphatic rings. The number of aromatic nitrogens is 3. The number of nitrogens with zero attached hydrogens (tertiary/aromatic N) is 3. The highest BCUT2D eigenvalue weighted by molar-refractivity contribution is 9.10. The van der Waals surface area contributed by atoms with E-state index in [1.165, 1.54) is 0 Å². The molecule has 0 fully saturated rings. The second-order valence-corrected chi connectivity index (χ2v) is 3.62. The van der Waals surface area contributed by atoms with E-state index in [1.54, 1.807) is 22.8 Å². The second-order valence-electron chi connectivity index (χ2n) is 2.91. The lowest BCUT2D eigenvalue weighted by atomic mass is 10.4. The van der Waals surface area contributed by atoms with E-state index in [1.807, 2.05) is 0 Å². The summed E-state index contributed by atoms with van der Waals surface area (Å²) in [7, 11) is 0. The molecule has 0 N–H and O–H groups in total. The largest absolute Gasteiger partial charge is 0.490 e. The zero-order valence-corrected chi connectivity index (χ0v) is 9.45. The molecule has 0 aliphatic carbocycles. The molecule has 0 atom stereocenters. The summed E-state index contributed by atoms with van der Waals surface area (Å²) in [4.78, 5) is 4.14. The van der Waals surface area contributed by atoms with Crippen molar-refractivity contribution in [2.45, 2.75) is 6.42 Å². The summed E-state index contributed by atoms with van der Waals surface area (Å²) in [5, 5.41) is 4.07. The standard InChI is InChI=1S/C9H9BrFN3O/c10-9-12-8-7(15-6-2-4-11)3-1-5-14(8)13-9/h1,3,5H,2,4,6H2. The maximum Gasteiger partial charge on any atom is 0.218 e. The fourth-order valence-corrected chi connectivity index (χ4v) is 1.54. The highest BCUT2D eigenvalue weighted by Gasteiger charge is 2.06. The van der Waals surface area contributed by atoms with Gasteiger partial charge in [-0.05, 0) is 28.1 Å². The van der Waals surface area contributed by atoms with Gasteiger partial charge in [-0.25, -0.2) is 4.52 Å². The predicted octanol–water partition coefficient (Wildman–Crippen LogP) is 2.23. The quantitative estimate of drug-likeness (QED) is 0.802. The molecule has 0 bridgehead atoms. The molecule has 15 heavy (non-hydrogen) atoms. The number of ether oxygens (including phenoxy) is 1. The van der Waals surface area contributed by atoms with Crippen LogP contribution >= 0.6 is 15.9 Å². The molecule has 0 saturated carbocycles. The summed E-state index contributed by atoms with van der Waals surface area (Å²) in [5.41, 5.74) is 0.628. The third-order valence-corrected chi connectivity index (χ3v) is 2.17. The van der Waals surface area contributed by atoms with Gasteiger partial charge in [-0.15, -0.1) is 5.10 Å². The fraction of sp³-hybridized carbons (Fsp3) is 0.333. The van der Waals surface area contributed by atoms with E-state index in [0.29, 0.717) is 29.2 Å². The highest BCUT2D eigenvalue weighted by atomic mass is 79.9. The van der Waals surface area contributed by atoms with Gasteiger partial charge < -0.3 is 4.74 Å². The topological polar surface area (TPSA) is 39.4 Å². The number of hydrogen-bond acceptors (Lipinski definition) is 3. The van der Waals surface area contributed by atoms with Crippen molar-refractivity contribution in [1.82, 2.24) is 14.6 Å². The number of halogens is 2. The van der Waals surface area contributed by atoms with Gasteiger partial charge >= 0.3 is 0 Å². The lowest BCUT2D eigenvalue weighted by molar-refractivity contribution is 0.291. The molecular weight excluding hydrogens is 265 g/mol. The van der Waals surface area contributed by atoms with E-state index >= 15 is 0 Å². The van der Waals surface area contributed by atoms with Gasteiger partial charge in [0.1, 0.15) is 0 Å². The minimum atomic E-state index is -0.375. The Kier molecular flexibility index (Phi) is 3.15. The summed E-state index contributed by atoms with van der Waals surface area (Å²) in [6.07, 6.45) is 2.16. The molecule has 0 radical (unpaired) electrons. The third kappa shape index (κ3) is 2.26. The van der Waals surface area contributed by atoms with Crippen LogP contribution in [0.4, 0.5) is 4.39 Å². The third-order valence-electron chi connectivity index (χ3n) is 1.84. The average Bonchev–Trinajstić information content (AvgIpc) is 2.59. The molecule has 2 aromatic heterocycles. The molecule has 0 amide bonds. The smallest absolute Gasteiger partial charge is 0.218 e. The maximum absolute atomic E-state index is 11.9. The molecule has 4 nitrogen and oxygen atoms in total. The minimum Gasteiger partial charge on any atom is -0.490 e. The number of rotatable bonds is 4. The van der Waals surface area contributed by atoms with Crippen molar-refractivity contribution in [2.75, 3.05) is 13.3 Å². The monoisotopic (exact) mass is 273 g/mol. The summed E-state index contributed by atoms with van der Waals surface area (Å²) in [6, 6.07) is 3.59. The Balaban J connectivity index is 2.25. The van der Waals surface area contributed by atoms with Gasteiger partial charge in [-0.2, -0.15) is 4.98 Å². The zero-order valence-electron chi connectivity index (χ0n) is 7.86. The minimum absolute atomic E-state index is 0.348. The Morgan fingerprint density at radius 2 is 2.40 bits per heavy atom. The lowest BCUT2D eigenvalue weighted by Gasteiger charge is -2.04. The van der Waals surface area contributed by atoms with Crippen LogP contribution < -0.4 is 4.74 Å². The molecule has 0 saturated heterocycles. The molecule has 0 unspecified atom stereocenters. The molecular formula is C9H9BrFN3O. The van der Waals surface area contributed by atoms with Crippen LogP contribution in [0, 0.1) is 0 Å². The average molecular weight is 274 g/mol. The van der Waals surface area contributed by atoms with E-state index < -0.39 is 0 Å². The number of hydrogen-bond donors (Lipinski definition) is 0. The Labute approximate surface area is 94.2 Å². The summed E-state index contributed by atoms with van der Waals surface area (Å²) >= 11 is 3.18. The molecule has 2 heterocycles. The highest BCUT2D eigenvalue weighted by Crippen LogP contribution is 2.19. The predicted molar refractivity (Wildman–Crippen MR) is 56.8 cm³/mol. The van der Waals surface area contributed by atoms with Gasteiger partial charge in [0.25, 0.3) is 0 Å². The van der Waals surface area contributed by atoms with Gasteiger partial charge in [-0.3, -0.25) is 4.39 Å². The summed E-state index contributed by atoms with van der Waals surface area (Å²) in [6.45, 7) is -0.0276. The van der Waals surface area contributed by atoms with Crippen molar-refractivity contribution in [3.05, 3.63) is 23.1 Å². The zero-order chi connectivity index (χ0) is 10.7. The molecule has 2 aromatic rings. The van der Waals surface area contributed by atoms with Gasteiger partial charge in [0.2, 0.25) is 4.73 Å². The van der Waals surface area contributed by atoms with Crippen LogP contribution in [-0.2, 0) is 0 Å². The first-order valence-electron chi connectivity index (χ1n) is 4.51. The fourth-order valence-electron chi connectivity index (χ4n) is 1.20. The van der Waals surface area contributed by atoms with Gasteiger partial charge in [0.15, 0.2) is 11.4 Å². The molecule has 6 heteroatoms. The van der Waals surface area contributed by atoms with E-state index in [9.17, 15) is 4.39 Å². The number of fused-ring (bicyclic) bond motifs is 1. The first-order valence-corrected chi connectivity index (χ1v) is 5.30. The molecule has 80 valence electrons. The van der Waals surface area contributed by atoms with E-state index in [0.717, 1.165) is 0 Å². The molecule has 0 aromatic carbocycles. The van der Waals surface area contributed by atoms with Crippen LogP contribution in [0.2, 0.25) is 0 Å². The molecule has 0 aliphatic heterocycles. The Hall–Kier alpha value is -1.17. The Bertz CT molecular complexity index is 460.